The standard InChI is InChI=1S/C24H15Cl2FN2O3/c25-18-6-2-4-8-21(18)29-23(31)17(22(30)28-24(29)32)11-14-9-10-15(19(26)12-14)13-16-5-1-3-7-20(16)27/h1-12H,13H2,(H,28,30,32)/b17-11+. The van der Waals surface area contributed by atoms with Gasteiger partial charge in [-0.25, -0.2) is 14.1 Å². The zero-order valence-corrected chi connectivity index (χ0v) is 18.0. The molecule has 8 heteroatoms. The summed E-state index contributed by atoms with van der Waals surface area (Å²) in [5.74, 6) is -1.96. The van der Waals surface area contributed by atoms with Crippen LogP contribution in [0.2, 0.25) is 10.0 Å². The molecule has 1 aliphatic heterocycles. The smallest absolute Gasteiger partial charge is 0.273 e. The molecule has 1 N–H and O–H groups in total. The zero-order chi connectivity index (χ0) is 22.8. The van der Waals surface area contributed by atoms with Gasteiger partial charge >= 0.3 is 6.03 Å². The predicted octanol–water partition coefficient (Wildman–Crippen LogP) is 5.39. The highest BCUT2D eigenvalue weighted by Gasteiger charge is 2.37. The molecule has 3 aromatic carbocycles. The number of imide groups is 2. The molecule has 0 radical (unpaired) electrons. The molecule has 0 bridgehead atoms. The van der Waals surface area contributed by atoms with Crippen molar-refractivity contribution in [2.75, 3.05) is 4.90 Å². The van der Waals surface area contributed by atoms with Gasteiger partial charge in [-0.3, -0.25) is 14.9 Å². The van der Waals surface area contributed by atoms with E-state index in [1.165, 1.54) is 24.3 Å². The van der Waals surface area contributed by atoms with E-state index < -0.39 is 17.8 Å². The van der Waals surface area contributed by atoms with E-state index in [0.29, 0.717) is 21.7 Å². The summed E-state index contributed by atoms with van der Waals surface area (Å²) in [5.41, 5.74) is 1.57. The fourth-order valence-electron chi connectivity index (χ4n) is 3.32. The van der Waals surface area contributed by atoms with Crippen molar-refractivity contribution < 1.29 is 18.8 Å². The van der Waals surface area contributed by atoms with Crippen LogP contribution in [0.3, 0.4) is 0 Å². The molecule has 1 fully saturated rings. The molecule has 0 saturated carbocycles. The van der Waals surface area contributed by atoms with Gasteiger partial charge in [-0.15, -0.1) is 0 Å². The molecule has 1 aliphatic rings. The number of hydrogen-bond acceptors (Lipinski definition) is 3. The summed E-state index contributed by atoms with van der Waals surface area (Å²) in [6.07, 6.45) is 1.63. The molecular weight excluding hydrogens is 454 g/mol. The van der Waals surface area contributed by atoms with E-state index in [9.17, 15) is 18.8 Å². The average Bonchev–Trinajstić information content (AvgIpc) is 2.75. The molecular formula is C24H15Cl2FN2O3. The number of benzene rings is 3. The first-order chi connectivity index (χ1) is 15.3. The topological polar surface area (TPSA) is 66.5 Å². The lowest BCUT2D eigenvalue weighted by molar-refractivity contribution is -0.122. The average molecular weight is 469 g/mol. The van der Waals surface area contributed by atoms with E-state index >= 15 is 0 Å². The highest BCUT2D eigenvalue weighted by Crippen LogP contribution is 2.29. The van der Waals surface area contributed by atoms with E-state index in [0.717, 1.165) is 4.90 Å². The second kappa shape index (κ2) is 8.94. The number of carbonyl (C=O) groups is 3. The van der Waals surface area contributed by atoms with Crippen molar-refractivity contribution in [1.82, 2.24) is 5.32 Å². The largest absolute Gasteiger partial charge is 0.335 e. The van der Waals surface area contributed by atoms with Crippen LogP contribution in [0.5, 0.6) is 0 Å². The quantitative estimate of drug-likeness (QED) is 0.412. The molecule has 1 saturated heterocycles. The summed E-state index contributed by atoms with van der Waals surface area (Å²) in [6, 6.07) is 16.8. The Kier molecular flexibility index (Phi) is 6.08. The number of carbonyl (C=O) groups excluding carboxylic acids is 3. The highest BCUT2D eigenvalue weighted by molar-refractivity contribution is 6.42. The summed E-state index contributed by atoms with van der Waals surface area (Å²) in [6.45, 7) is 0. The lowest BCUT2D eigenvalue weighted by Crippen LogP contribution is -2.54. The van der Waals surface area contributed by atoms with Crippen LogP contribution in [-0.2, 0) is 16.0 Å². The van der Waals surface area contributed by atoms with E-state index in [1.54, 1.807) is 48.5 Å². The molecule has 0 unspecified atom stereocenters. The van der Waals surface area contributed by atoms with Gasteiger partial charge in [0.1, 0.15) is 11.4 Å². The van der Waals surface area contributed by atoms with Crippen LogP contribution in [0.25, 0.3) is 6.08 Å². The van der Waals surface area contributed by atoms with E-state index in [-0.39, 0.29) is 28.5 Å². The van der Waals surface area contributed by atoms with Gasteiger partial charge < -0.3 is 0 Å². The van der Waals surface area contributed by atoms with Crippen LogP contribution in [0, 0.1) is 5.82 Å². The molecule has 0 aromatic heterocycles. The van der Waals surface area contributed by atoms with Gasteiger partial charge in [0.15, 0.2) is 0 Å². The maximum absolute atomic E-state index is 13.9. The minimum absolute atomic E-state index is 0.160. The summed E-state index contributed by atoms with van der Waals surface area (Å²) in [7, 11) is 0. The molecule has 4 amide bonds. The second-order valence-electron chi connectivity index (χ2n) is 7.03. The fraction of sp³-hybridized carbons (Fsp3) is 0.0417. The number of nitrogens with zero attached hydrogens (tertiary/aromatic N) is 1. The van der Waals surface area contributed by atoms with E-state index in [2.05, 4.69) is 5.32 Å². The zero-order valence-electron chi connectivity index (χ0n) is 16.4. The number of urea groups is 1. The van der Waals surface area contributed by atoms with Crippen LogP contribution in [0.15, 0.2) is 72.3 Å². The van der Waals surface area contributed by atoms with Crippen LogP contribution in [0.1, 0.15) is 16.7 Å². The molecule has 5 nitrogen and oxygen atoms in total. The maximum Gasteiger partial charge on any atom is 0.335 e. The number of nitrogens with one attached hydrogen (secondary N) is 1. The fourth-order valence-corrected chi connectivity index (χ4v) is 3.80. The number of halogens is 3. The Morgan fingerprint density at radius 3 is 2.31 bits per heavy atom. The summed E-state index contributed by atoms with van der Waals surface area (Å²) < 4.78 is 13.9. The highest BCUT2D eigenvalue weighted by atomic mass is 35.5. The Hall–Kier alpha value is -3.48. The maximum atomic E-state index is 13.9. The van der Waals surface area contributed by atoms with Gasteiger partial charge in [-0.05, 0) is 47.0 Å². The first-order valence-electron chi connectivity index (χ1n) is 9.53. The molecule has 160 valence electrons. The van der Waals surface area contributed by atoms with Gasteiger partial charge in [0.25, 0.3) is 11.8 Å². The summed E-state index contributed by atoms with van der Waals surface area (Å²) in [5, 5.41) is 2.68. The molecule has 0 spiro atoms. The summed E-state index contributed by atoms with van der Waals surface area (Å²) in [4.78, 5) is 38.4. The van der Waals surface area contributed by atoms with Crippen molar-refractivity contribution in [3.05, 3.63) is 105 Å². The van der Waals surface area contributed by atoms with Gasteiger partial charge in [0, 0.05) is 11.4 Å². The molecule has 4 rings (SSSR count). The number of rotatable bonds is 4. The molecule has 0 aliphatic carbocycles. The Bertz CT molecular complexity index is 1290. The third-order valence-electron chi connectivity index (χ3n) is 4.92. The Labute approximate surface area is 193 Å². The third kappa shape index (κ3) is 4.28. The number of hydrogen-bond donors (Lipinski definition) is 1. The second-order valence-corrected chi connectivity index (χ2v) is 7.84. The van der Waals surface area contributed by atoms with Crippen LogP contribution in [0.4, 0.5) is 14.9 Å². The first kappa shape index (κ1) is 21.7. The lowest BCUT2D eigenvalue weighted by atomic mass is 10.0. The monoisotopic (exact) mass is 468 g/mol. The van der Waals surface area contributed by atoms with Gasteiger partial charge in [-0.1, -0.05) is 65.7 Å². The summed E-state index contributed by atoms with van der Waals surface area (Å²) >= 11 is 12.5. The molecule has 1 heterocycles. The van der Waals surface area contributed by atoms with E-state index in [4.69, 9.17) is 23.2 Å². The normalized spacial score (nSPS) is 15.3. The van der Waals surface area contributed by atoms with Gasteiger partial charge in [0.05, 0.1) is 10.7 Å². The van der Waals surface area contributed by atoms with Crippen molar-refractivity contribution >= 4 is 52.8 Å². The first-order valence-corrected chi connectivity index (χ1v) is 10.3. The lowest BCUT2D eigenvalue weighted by Gasteiger charge is -2.27. The van der Waals surface area contributed by atoms with Crippen LogP contribution in [-0.4, -0.2) is 17.8 Å². The molecule has 32 heavy (non-hydrogen) atoms. The Morgan fingerprint density at radius 1 is 0.875 bits per heavy atom. The minimum Gasteiger partial charge on any atom is -0.273 e. The van der Waals surface area contributed by atoms with Crippen molar-refractivity contribution in [2.24, 2.45) is 0 Å². The van der Waals surface area contributed by atoms with Crippen LogP contribution >= 0.6 is 23.2 Å². The van der Waals surface area contributed by atoms with Crippen molar-refractivity contribution in [3.8, 4) is 0 Å². The van der Waals surface area contributed by atoms with Gasteiger partial charge in [0.2, 0.25) is 0 Å². The number of barbiturate groups is 1. The van der Waals surface area contributed by atoms with Crippen molar-refractivity contribution in [3.63, 3.8) is 0 Å². The van der Waals surface area contributed by atoms with Crippen molar-refractivity contribution in [1.29, 1.82) is 0 Å². The molecule has 3 aromatic rings. The van der Waals surface area contributed by atoms with Crippen molar-refractivity contribution in [2.45, 2.75) is 6.42 Å². The SMILES string of the molecule is O=C1NC(=O)N(c2ccccc2Cl)C(=O)/C1=C/c1ccc(Cc2ccccc2F)c(Cl)c1. The Balaban J connectivity index is 1.65. The van der Waals surface area contributed by atoms with Crippen LogP contribution < -0.4 is 10.2 Å². The Morgan fingerprint density at radius 2 is 1.59 bits per heavy atom. The third-order valence-corrected chi connectivity index (χ3v) is 5.59. The minimum atomic E-state index is -0.886. The van der Waals surface area contributed by atoms with Gasteiger partial charge in [-0.2, -0.15) is 0 Å². The predicted molar refractivity (Wildman–Crippen MR) is 121 cm³/mol. The number of para-hydroxylation sites is 1. The number of anilines is 1. The van der Waals surface area contributed by atoms with E-state index in [1.807, 2.05) is 0 Å². The molecule has 0 atom stereocenters. The number of amides is 4.